The van der Waals surface area contributed by atoms with Crippen molar-refractivity contribution in [3.05, 3.63) is 123 Å². The van der Waals surface area contributed by atoms with Crippen LogP contribution in [0.25, 0.3) is 0 Å². The van der Waals surface area contributed by atoms with E-state index in [0.717, 1.165) is 4.90 Å². The van der Waals surface area contributed by atoms with E-state index in [4.69, 9.17) is 27.9 Å². The number of benzene rings is 3. The lowest BCUT2D eigenvalue weighted by Gasteiger charge is -2.50. The lowest BCUT2D eigenvalue weighted by Crippen LogP contribution is -2.53. The van der Waals surface area contributed by atoms with Gasteiger partial charge in [0.2, 0.25) is 11.8 Å². The summed E-state index contributed by atoms with van der Waals surface area (Å²) in [7, 11) is -1.86. The Labute approximate surface area is 338 Å². The van der Waals surface area contributed by atoms with Crippen molar-refractivity contribution >= 4 is 70.9 Å². The molecule has 2 saturated heterocycles. The number of allylic oxidation sites excluding steroid dienone is 2. The number of nitrogens with zero attached hydrogens (tertiary/aromatic N) is 3. The summed E-state index contributed by atoms with van der Waals surface area (Å²) in [5.41, 5.74) is 1.47. The second-order valence-corrected chi connectivity index (χ2v) is 15.4. The first-order valence-corrected chi connectivity index (χ1v) is 18.9. The van der Waals surface area contributed by atoms with Gasteiger partial charge in [-0.15, -0.1) is 0 Å². The van der Waals surface area contributed by atoms with Crippen LogP contribution in [0.4, 0.5) is 24.7 Å². The van der Waals surface area contributed by atoms with Gasteiger partial charge in [0.05, 0.1) is 46.0 Å². The second kappa shape index (κ2) is 14.8. The van der Waals surface area contributed by atoms with E-state index >= 15 is 4.79 Å². The molecule has 4 aromatic rings. The molecular weight excluding hydrogens is 803 g/mol. The number of rotatable bonds is 9. The van der Waals surface area contributed by atoms with Gasteiger partial charge < -0.3 is 19.9 Å². The fourth-order valence-electron chi connectivity index (χ4n) is 9.16. The molecule has 1 saturated carbocycles. The van der Waals surface area contributed by atoms with Gasteiger partial charge in [-0.3, -0.25) is 29.5 Å². The van der Waals surface area contributed by atoms with Crippen LogP contribution in [0, 0.1) is 23.7 Å². The number of aromatic nitrogens is 1. The van der Waals surface area contributed by atoms with E-state index in [-0.39, 0.29) is 43.0 Å². The van der Waals surface area contributed by atoms with Crippen LogP contribution in [0.1, 0.15) is 35.4 Å². The lowest BCUT2D eigenvalue weighted by atomic mass is 9.49. The highest BCUT2D eigenvalue weighted by Crippen LogP contribution is 2.64. The maximum absolute atomic E-state index is 15.3. The molecule has 2 aliphatic carbocycles. The molecular formula is C40H32BCl2F3N4O8. The molecule has 8 rings (SSSR count). The summed E-state index contributed by atoms with van der Waals surface area (Å²) in [5.74, 6) is -7.38. The molecule has 3 fully saturated rings. The van der Waals surface area contributed by atoms with Gasteiger partial charge in [-0.25, -0.2) is 4.98 Å². The molecule has 0 unspecified atom stereocenters. The van der Waals surface area contributed by atoms with Crippen molar-refractivity contribution < 1.29 is 52.2 Å². The fourth-order valence-corrected chi connectivity index (χ4v) is 9.49. The molecule has 3 aromatic carbocycles. The van der Waals surface area contributed by atoms with Crippen LogP contribution in [0.2, 0.25) is 10.0 Å². The number of imide groups is 2. The van der Waals surface area contributed by atoms with Gasteiger partial charge in [0.25, 0.3) is 11.8 Å². The highest BCUT2D eigenvalue weighted by molar-refractivity contribution is 6.58. The normalized spacial score (nSPS) is 25.3. The summed E-state index contributed by atoms with van der Waals surface area (Å²) < 4.78 is 46.1. The van der Waals surface area contributed by atoms with Crippen LogP contribution < -0.4 is 20.5 Å². The Morgan fingerprint density at radius 1 is 0.931 bits per heavy atom. The van der Waals surface area contributed by atoms with E-state index in [1.807, 2.05) is 6.08 Å². The maximum atomic E-state index is 15.3. The van der Waals surface area contributed by atoms with Crippen molar-refractivity contribution in [3.8, 4) is 5.75 Å². The Hall–Kier alpha value is -5.26. The first kappa shape index (κ1) is 39.6. The van der Waals surface area contributed by atoms with Crippen molar-refractivity contribution in [1.29, 1.82) is 0 Å². The molecule has 4 aliphatic rings. The molecule has 12 nitrogen and oxygen atoms in total. The monoisotopic (exact) mass is 834 g/mol. The average molecular weight is 835 g/mol. The third kappa shape index (κ3) is 6.34. The number of hydrogen-bond acceptors (Lipinski definition) is 10. The number of hydrazine groups is 1. The SMILES string of the molecule is O=C1[C@@H]2C[C@@H]3C(=CC[C@@H]4C(=O)N(c5cccc(B(O)O)c5)C(=O)[C@@H]43)[C@H](c3ccc(OCCO)cc3)[C@]2(c2ccc(Cl)cc2)C(=O)N1Nc1ncc(C(F)(F)F)cc1Cl. The minimum absolute atomic E-state index is 0.0107. The van der Waals surface area contributed by atoms with E-state index in [1.165, 1.54) is 24.3 Å². The number of anilines is 2. The number of nitrogens with one attached hydrogen (secondary N) is 1. The van der Waals surface area contributed by atoms with E-state index in [2.05, 4.69) is 10.4 Å². The van der Waals surface area contributed by atoms with Gasteiger partial charge in [-0.05, 0) is 77.8 Å². The van der Waals surface area contributed by atoms with Crippen LogP contribution in [-0.2, 0) is 30.8 Å². The molecule has 18 heteroatoms. The molecule has 4 N–H and O–H groups in total. The minimum atomic E-state index is -4.77. The number of aliphatic hydroxyl groups is 1. The predicted molar refractivity (Wildman–Crippen MR) is 205 cm³/mol. The molecule has 3 heterocycles. The third-order valence-electron chi connectivity index (χ3n) is 11.6. The number of halogens is 5. The molecule has 58 heavy (non-hydrogen) atoms. The first-order chi connectivity index (χ1) is 27.7. The molecule has 0 bridgehead atoms. The van der Waals surface area contributed by atoms with Gasteiger partial charge in [-0.2, -0.15) is 18.2 Å². The molecule has 1 aromatic heterocycles. The zero-order valence-corrected chi connectivity index (χ0v) is 31.6. The van der Waals surface area contributed by atoms with Crippen LogP contribution in [-0.4, -0.2) is 69.1 Å². The molecule has 0 radical (unpaired) electrons. The summed E-state index contributed by atoms with van der Waals surface area (Å²) in [6.45, 7) is -0.231. The van der Waals surface area contributed by atoms with Gasteiger partial charge in [-0.1, -0.05) is 71.2 Å². The number of ether oxygens (including phenoxy) is 1. The Kier molecular flexibility index (Phi) is 10.1. The van der Waals surface area contributed by atoms with Crippen molar-refractivity contribution in [1.82, 2.24) is 9.99 Å². The number of alkyl halides is 3. The van der Waals surface area contributed by atoms with Crippen LogP contribution in [0.3, 0.4) is 0 Å². The zero-order chi connectivity index (χ0) is 41.3. The van der Waals surface area contributed by atoms with E-state index in [9.17, 15) is 42.7 Å². The molecule has 2 aliphatic heterocycles. The van der Waals surface area contributed by atoms with E-state index in [1.54, 1.807) is 48.5 Å². The second-order valence-electron chi connectivity index (χ2n) is 14.5. The van der Waals surface area contributed by atoms with Crippen LogP contribution in [0.15, 0.2) is 96.7 Å². The molecule has 0 spiro atoms. The maximum Gasteiger partial charge on any atom is 0.488 e. The van der Waals surface area contributed by atoms with Gasteiger partial charge in [0, 0.05) is 17.1 Å². The average Bonchev–Trinajstić information content (AvgIpc) is 3.58. The highest BCUT2D eigenvalue weighted by Gasteiger charge is 2.70. The van der Waals surface area contributed by atoms with E-state index < -0.39 is 82.5 Å². The van der Waals surface area contributed by atoms with Crippen molar-refractivity contribution in [2.45, 2.75) is 30.4 Å². The minimum Gasteiger partial charge on any atom is -0.491 e. The fraction of sp³-hybridized carbons (Fsp3) is 0.275. The lowest BCUT2D eigenvalue weighted by molar-refractivity contribution is -0.139. The van der Waals surface area contributed by atoms with Crippen LogP contribution in [0.5, 0.6) is 5.75 Å². The Morgan fingerprint density at radius 3 is 2.31 bits per heavy atom. The standard InChI is InChI=1S/C40H32BCl2F3N4O8/c42-24-8-6-21(7-9-24)39-30(36(53)50(38(39)55)48-34-31(43)16-22(19-47-34)40(44,45)46)18-29-27(33(39)20-4-10-26(11-5-20)58-15-14-51)12-13-28-32(29)37(54)49(35(28)52)25-3-1-2-23(17-25)41(56)57/h1-12,16-17,19,28-30,32-33,51,56-57H,13-15,18H2,(H,47,48)/t28-,29+,30-,32-,33-,39+/m0/s1. The smallest absolute Gasteiger partial charge is 0.488 e. The van der Waals surface area contributed by atoms with E-state index in [0.29, 0.717) is 44.7 Å². The van der Waals surface area contributed by atoms with Crippen molar-refractivity contribution in [3.63, 3.8) is 0 Å². The van der Waals surface area contributed by atoms with Gasteiger partial charge in [0.15, 0.2) is 5.82 Å². The summed E-state index contributed by atoms with van der Waals surface area (Å²) in [4.78, 5) is 63.7. The highest BCUT2D eigenvalue weighted by atomic mass is 35.5. The Balaban J connectivity index is 1.29. The Morgan fingerprint density at radius 2 is 1.66 bits per heavy atom. The number of carbonyl (C=O) groups excluding carboxylic acids is 4. The number of aliphatic hydroxyl groups excluding tert-OH is 1. The number of hydrogen-bond donors (Lipinski definition) is 4. The number of fused-ring (bicyclic) bond motifs is 4. The van der Waals surface area contributed by atoms with Gasteiger partial charge >= 0.3 is 13.3 Å². The number of amides is 4. The summed E-state index contributed by atoms with van der Waals surface area (Å²) in [6, 6.07) is 19.5. The summed E-state index contributed by atoms with van der Waals surface area (Å²) in [6.07, 6.45) is -2.40. The quantitative estimate of drug-likeness (QED) is 0.106. The topological polar surface area (TPSA) is 170 Å². The van der Waals surface area contributed by atoms with Crippen molar-refractivity contribution in [2.24, 2.45) is 23.7 Å². The first-order valence-electron chi connectivity index (χ1n) is 18.2. The van der Waals surface area contributed by atoms with Crippen molar-refractivity contribution in [2.75, 3.05) is 23.5 Å². The summed E-state index contributed by atoms with van der Waals surface area (Å²) in [5, 5.41) is 29.5. The van der Waals surface area contributed by atoms with Gasteiger partial charge in [0.1, 0.15) is 12.4 Å². The summed E-state index contributed by atoms with van der Waals surface area (Å²) >= 11 is 12.6. The predicted octanol–water partition coefficient (Wildman–Crippen LogP) is 4.65. The third-order valence-corrected chi connectivity index (χ3v) is 12.1. The molecule has 6 atom stereocenters. The zero-order valence-electron chi connectivity index (χ0n) is 30.1. The number of carbonyl (C=O) groups is 4. The largest absolute Gasteiger partial charge is 0.491 e. The molecule has 298 valence electrons. The Bertz CT molecular complexity index is 2370. The number of pyridine rings is 1. The molecule has 4 amide bonds. The van der Waals surface area contributed by atoms with Crippen LogP contribution >= 0.6 is 23.2 Å².